The molecule has 1 saturated carbocycles. The summed E-state index contributed by atoms with van der Waals surface area (Å²) in [4.78, 5) is 33.0. The smallest absolute Gasteiger partial charge is 0.384 e. The van der Waals surface area contributed by atoms with E-state index in [0.29, 0.717) is 57.2 Å². The summed E-state index contributed by atoms with van der Waals surface area (Å²) in [6.45, 7) is 3.14. The fraction of sp³-hybridized carbons (Fsp3) is 0.379. The Labute approximate surface area is 240 Å². The summed E-state index contributed by atoms with van der Waals surface area (Å²) in [5.74, 6) is 0.290. The van der Waals surface area contributed by atoms with Gasteiger partial charge in [-0.2, -0.15) is 0 Å². The van der Waals surface area contributed by atoms with Crippen molar-refractivity contribution in [1.29, 1.82) is 0 Å². The maximum Gasteiger partial charge on any atom is 0.439 e. The Bertz CT molecular complexity index is 1740. The van der Waals surface area contributed by atoms with E-state index >= 15 is 4.39 Å². The third kappa shape index (κ3) is 5.51. The molecule has 4 heterocycles. The molecule has 0 aliphatic heterocycles. The first kappa shape index (κ1) is 27.2. The van der Waals surface area contributed by atoms with E-state index in [-0.39, 0.29) is 24.1 Å². The molecule has 0 saturated heterocycles. The third-order valence-electron chi connectivity index (χ3n) is 7.76. The SMILES string of the molecule is COCC(c1ccccc1F)c1nc2nc(-c3noc(=O)[nH]3)nc(-c3cncc(Cl)c3)c2n1CC1CCC(C)CC1. The number of aromatic amines is 1. The normalized spacial score (nSPS) is 18.1. The fourth-order valence-corrected chi connectivity index (χ4v) is 5.85. The minimum Gasteiger partial charge on any atom is -0.384 e. The quantitative estimate of drug-likeness (QED) is 0.252. The van der Waals surface area contributed by atoms with Gasteiger partial charge in [0.15, 0.2) is 5.65 Å². The molecule has 1 N–H and O–H groups in total. The molecule has 1 fully saturated rings. The monoisotopic (exact) mass is 577 g/mol. The fourth-order valence-electron chi connectivity index (χ4n) is 5.68. The zero-order chi connectivity index (χ0) is 28.5. The Morgan fingerprint density at radius 1 is 1.17 bits per heavy atom. The number of nitrogens with one attached hydrogen (secondary N) is 1. The highest BCUT2D eigenvalue weighted by Crippen LogP contribution is 2.37. The first-order chi connectivity index (χ1) is 19.9. The first-order valence-electron chi connectivity index (χ1n) is 13.6. The zero-order valence-electron chi connectivity index (χ0n) is 22.7. The van der Waals surface area contributed by atoms with Crippen LogP contribution in [0.3, 0.4) is 0 Å². The Balaban J connectivity index is 1.63. The number of imidazole rings is 1. The summed E-state index contributed by atoms with van der Waals surface area (Å²) in [5, 5.41) is 4.22. The van der Waals surface area contributed by atoms with Crippen molar-refractivity contribution in [3.8, 4) is 22.9 Å². The van der Waals surface area contributed by atoms with Crippen LogP contribution in [0.1, 0.15) is 49.9 Å². The molecular formula is C29H29ClFN7O3. The van der Waals surface area contributed by atoms with Gasteiger partial charge in [-0.3, -0.25) is 14.5 Å². The number of halogens is 2. The molecule has 0 bridgehead atoms. The van der Waals surface area contributed by atoms with E-state index in [1.807, 2.05) is 0 Å². The minimum atomic E-state index is -0.730. The van der Waals surface area contributed by atoms with Crippen molar-refractivity contribution in [1.82, 2.24) is 34.6 Å². The zero-order valence-corrected chi connectivity index (χ0v) is 23.4. The lowest BCUT2D eigenvalue weighted by atomic mass is 9.83. The van der Waals surface area contributed by atoms with Gasteiger partial charge in [-0.25, -0.2) is 24.1 Å². The molecule has 0 amide bonds. The number of aromatic nitrogens is 7. The number of fused-ring (bicyclic) bond motifs is 1. The second kappa shape index (κ2) is 11.5. The molecule has 1 atom stereocenters. The van der Waals surface area contributed by atoms with Crippen LogP contribution in [0.2, 0.25) is 5.02 Å². The van der Waals surface area contributed by atoms with E-state index in [1.54, 1.807) is 37.6 Å². The molecule has 6 rings (SSSR count). The summed E-state index contributed by atoms with van der Waals surface area (Å²) < 4.78 is 27.6. The number of ether oxygens (including phenoxy) is 1. The number of hydrogen-bond acceptors (Lipinski definition) is 8. The molecule has 10 nitrogen and oxygen atoms in total. The Morgan fingerprint density at radius 3 is 2.68 bits per heavy atom. The predicted octanol–water partition coefficient (Wildman–Crippen LogP) is 5.63. The van der Waals surface area contributed by atoms with Crippen LogP contribution >= 0.6 is 11.6 Å². The van der Waals surface area contributed by atoms with Gasteiger partial charge in [0, 0.05) is 37.2 Å². The van der Waals surface area contributed by atoms with E-state index in [9.17, 15) is 4.79 Å². The summed E-state index contributed by atoms with van der Waals surface area (Å²) in [5.41, 5.74) is 2.65. The molecule has 0 radical (unpaired) electrons. The molecule has 0 spiro atoms. The Kier molecular flexibility index (Phi) is 7.63. The van der Waals surface area contributed by atoms with Crippen LogP contribution in [0.15, 0.2) is 52.0 Å². The lowest BCUT2D eigenvalue weighted by Crippen LogP contribution is -2.22. The largest absolute Gasteiger partial charge is 0.439 e. The number of H-pyrrole nitrogens is 1. The van der Waals surface area contributed by atoms with Gasteiger partial charge in [0.1, 0.15) is 22.9 Å². The molecule has 1 aliphatic rings. The highest BCUT2D eigenvalue weighted by Gasteiger charge is 2.30. The van der Waals surface area contributed by atoms with Crippen LogP contribution in [0.25, 0.3) is 34.1 Å². The van der Waals surface area contributed by atoms with Gasteiger partial charge in [0.2, 0.25) is 11.6 Å². The van der Waals surface area contributed by atoms with Gasteiger partial charge in [0.05, 0.1) is 17.5 Å². The van der Waals surface area contributed by atoms with Gasteiger partial charge in [0.25, 0.3) is 0 Å². The van der Waals surface area contributed by atoms with Crippen LogP contribution in [-0.4, -0.2) is 48.4 Å². The number of rotatable bonds is 8. The summed E-state index contributed by atoms with van der Waals surface area (Å²) in [6, 6.07) is 8.42. The van der Waals surface area contributed by atoms with Crippen LogP contribution in [0, 0.1) is 17.7 Å². The molecule has 12 heteroatoms. The lowest BCUT2D eigenvalue weighted by Gasteiger charge is -2.28. The van der Waals surface area contributed by atoms with Gasteiger partial charge < -0.3 is 9.30 Å². The van der Waals surface area contributed by atoms with Gasteiger partial charge in [-0.05, 0) is 36.8 Å². The summed E-state index contributed by atoms with van der Waals surface area (Å²) in [7, 11) is 1.59. The molecule has 1 unspecified atom stereocenters. The van der Waals surface area contributed by atoms with Gasteiger partial charge in [-0.15, -0.1) is 0 Å². The number of pyridine rings is 1. The van der Waals surface area contributed by atoms with Crippen molar-refractivity contribution in [3.63, 3.8) is 0 Å². The van der Waals surface area contributed by atoms with Crippen molar-refractivity contribution in [2.75, 3.05) is 13.7 Å². The minimum absolute atomic E-state index is 0.0630. The van der Waals surface area contributed by atoms with E-state index in [4.69, 9.17) is 30.8 Å². The van der Waals surface area contributed by atoms with Crippen LogP contribution in [0.4, 0.5) is 4.39 Å². The van der Waals surface area contributed by atoms with Gasteiger partial charge >= 0.3 is 5.76 Å². The highest BCUT2D eigenvalue weighted by atomic mass is 35.5. The second-order valence-corrected chi connectivity index (χ2v) is 11.1. The molecule has 41 heavy (non-hydrogen) atoms. The van der Waals surface area contributed by atoms with Crippen molar-refractivity contribution in [3.05, 3.63) is 75.5 Å². The second-order valence-electron chi connectivity index (χ2n) is 10.6. The maximum atomic E-state index is 15.2. The van der Waals surface area contributed by atoms with Crippen molar-refractivity contribution in [2.45, 2.75) is 45.1 Å². The number of methoxy groups -OCH3 is 1. The van der Waals surface area contributed by atoms with Crippen LogP contribution in [-0.2, 0) is 11.3 Å². The highest BCUT2D eigenvalue weighted by molar-refractivity contribution is 6.30. The van der Waals surface area contributed by atoms with Crippen molar-refractivity contribution < 1.29 is 13.7 Å². The molecular weight excluding hydrogens is 549 g/mol. The summed E-state index contributed by atoms with van der Waals surface area (Å²) in [6.07, 6.45) is 7.63. The summed E-state index contributed by atoms with van der Waals surface area (Å²) >= 11 is 6.35. The van der Waals surface area contributed by atoms with E-state index in [2.05, 4.69) is 31.6 Å². The molecule has 1 aromatic carbocycles. The first-order valence-corrected chi connectivity index (χ1v) is 14.0. The van der Waals surface area contributed by atoms with Crippen LogP contribution in [0.5, 0.6) is 0 Å². The predicted molar refractivity (Wildman–Crippen MR) is 151 cm³/mol. The third-order valence-corrected chi connectivity index (χ3v) is 7.97. The Morgan fingerprint density at radius 2 is 1.98 bits per heavy atom. The molecule has 1 aliphatic carbocycles. The molecule has 5 aromatic rings. The molecule has 212 valence electrons. The molecule has 4 aromatic heterocycles. The van der Waals surface area contributed by atoms with E-state index in [1.165, 1.54) is 12.3 Å². The average Bonchev–Trinajstić information content (AvgIpc) is 3.56. The topological polar surface area (TPSA) is 125 Å². The maximum absolute atomic E-state index is 15.2. The number of nitrogens with zero attached hydrogens (tertiary/aromatic N) is 6. The number of benzene rings is 1. The lowest BCUT2D eigenvalue weighted by molar-refractivity contribution is 0.183. The van der Waals surface area contributed by atoms with E-state index < -0.39 is 11.7 Å². The number of hydrogen-bond donors (Lipinski definition) is 1. The van der Waals surface area contributed by atoms with Gasteiger partial charge in [-0.1, -0.05) is 54.7 Å². The average molecular weight is 578 g/mol. The van der Waals surface area contributed by atoms with Crippen molar-refractivity contribution >= 4 is 22.8 Å². The Hall–Kier alpha value is -3.96. The van der Waals surface area contributed by atoms with Crippen molar-refractivity contribution in [2.24, 2.45) is 11.8 Å². The van der Waals surface area contributed by atoms with Crippen LogP contribution < -0.4 is 5.76 Å². The van der Waals surface area contributed by atoms with E-state index in [0.717, 1.165) is 25.7 Å². The standard InChI is InChI=1S/C29H29ClFN7O3/c1-16-7-9-17(10-8-16)14-38-24-23(18-11-19(30)13-32-12-18)33-26(27-36-29(39)41-37-27)34-25(24)35-28(38)21(15-40-2)20-5-3-4-6-22(20)31/h3-6,11-13,16-17,21H,7-10,14-15H2,1-2H3,(H,36,37,39).